The first-order chi connectivity index (χ1) is 13.6. The minimum Gasteiger partial charge on any atom is -0.481 e. The number of carbonyl (C=O) groups is 1. The Labute approximate surface area is 168 Å². The Morgan fingerprint density at radius 2 is 2.00 bits per heavy atom. The lowest BCUT2D eigenvalue weighted by Gasteiger charge is -2.17. The van der Waals surface area contributed by atoms with E-state index in [9.17, 15) is 9.90 Å². The molecule has 2 heterocycles. The second-order valence-corrected chi connectivity index (χ2v) is 8.71. The summed E-state index contributed by atoms with van der Waals surface area (Å²) in [6.07, 6.45) is 9.83. The first kappa shape index (κ1) is 18.6. The summed E-state index contributed by atoms with van der Waals surface area (Å²) < 4.78 is 1.14. The summed E-state index contributed by atoms with van der Waals surface area (Å²) >= 11 is 1.69. The zero-order valence-corrected chi connectivity index (χ0v) is 16.4. The van der Waals surface area contributed by atoms with Crippen LogP contribution in [-0.4, -0.2) is 16.1 Å². The fourth-order valence-corrected chi connectivity index (χ4v) is 5.55. The normalized spacial score (nSPS) is 15.5. The molecule has 0 bridgehead atoms. The van der Waals surface area contributed by atoms with Crippen LogP contribution in [0.2, 0.25) is 0 Å². The summed E-state index contributed by atoms with van der Waals surface area (Å²) in [6.45, 7) is 0. The average Bonchev–Trinajstić information content (AvgIpc) is 3.36. The molecule has 4 rings (SSSR count). The van der Waals surface area contributed by atoms with Crippen molar-refractivity contribution in [1.82, 2.24) is 4.98 Å². The number of nitrogens with zero attached hydrogens (tertiary/aromatic N) is 2. The van der Waals surface area contributed by atoms with E-state index in [1.807, 2.05) is 36.7 Å². The molecule has 1 atom stereocenters. The van der Waals surface area contributed by atoms with Crippen molar-refractivity contribution in [3.8, 4) is 17.2 Å². The topological polar surface area (TPSA) is 74.0 Å². The lowest BCUT2D eigenvalue weighted by Crippen LogP contribution is -2.09. The average molecular weight is 391 g/mol. The lowest BCUT2D eigenvalue weighted by atomic mass is 9.89. The predicted molar refractivity (Wildman–Crippen MR) is 111 cm³/mol. The van der Waals surface area contributed by atoms with Gasteiger partial charge in [0, 0.05) is 38.8 Å². The molecule has 142 valence electrons. The van der Waals surface area contributed by atoms with Gasteiger partial charge in [0.25, 0.3) is 0 Å². The third-order valence-corrected chi connectivity index (χ3v) is 7.03. The second kappa shape index (κ2) is 8.12. The highest BCUT2D eigenvalue weighted by molar-refractivity contribution is 7.19. The van der Waals surface area contributed by atoms with Gasteiger partial charge in [-0.1, -0.05) is 37.8 Å². The Bertz CT molecular complexity index is 1030. The largest absolute Gasteiger partial charge is 0.481 e. The van der Waals surface area contributed by atoms with Gasteiger partial charge in [0.1, 0.15) is 0 Å². The quantitative estimate of drug-likeness (QED) is 0.562. The molecule has 1 saturated carbocycles. The molecule has 28 heavy (non-hydrogen) atoms. The van der Waals surface area contributed by atoms with Crippen molar-refractivity contribution in [3.63, 3.8) is 0 Å². The number of carboxylic acids is 1. The molecular weight excluding hydrogens is 368 g/mol. The van der Waals surface area contributed by atoms with Crippen molar-refractivity contribution < 1.29 is 9.90 Å². The van der Waals surface area contributed by atoms with Crippen LogP contribution >= 0.6 is 11.3 Å². The molecule has 0 unspecified atom stereocenters. The maximum Gasteiger partial charge on any atom is 0.303 e. The van der Waals surface area contributed by atoms with Gasteiger partial charge in [-0.3, -0.25) is 9.78 Å². The number of thiophene rings is 1. The van der Waals surface area contributed by atoms with E-state index in [-0.39, 0.29) is 12.3 Å². The molecule has 1 aliphatic rings. The minimum atomic E-state index is -0.731. The van der Waals surface area contributed by atoms with Crippen LogP contribution in [0.25, 0.3) is 21.2 Å². The van der Waals surface area contributed by atoms with Gasteiger partial charge in [-0.05, 0) is 36.1 Å². The highest BCUT2D eigenvalue weighted by atomic mass is 32.1. The number of aliphatic carboxylic acids is 1. The third-order valence-electron chi connectivity index (χ3n) is 5.68. The van der Waals surface area contributed by atoms with Crippen LogP contribution in [0.15, 0.2) is 42.7 Å². The van der Waals surface area contributed by atoms with Crippen molar-refractivity contribution in [2.45, 2.75) is 44.4 Å². The summed E-state index contributed by atoms with van der Waals surface area (Å²) in [6, 6.07) is 11.8. The molecule has 0 amide bonds. The van der Waals surface area contributed by atoms with Gasteiger partial charge >= 0.3 is 5.97 Å². The Morgan fingerprint density at radius 1 is 1.25 bits per heavy atom. The van der Waals surface area contributed by atoms with Gasteiger partial charge < -0.3 is 5.11 Å². The number of rotatable bonds is 6. The minimum absolute atomic E-state index is 0.0619. The highest BCUT2D eigenvalue weighted by Gasteiger charge is 2.25. The summed E-state index contributed by atoms with van der Waals surface area (Å²) in [5.74, 6) is -0.0246. The molecule has 1 aliphatic carbocycles. The number of aromatic nitrogens is 1. The Morgan fingerprint density at radius 3 is 2.68 bits per heavy atom. The molecule has 1 N–H and O–H groups in total. The maximum atomic E-state index is 11.5. The number of pyridine rings is 1. The molecule has 0 spiro atoms. The monoisotopic (exact) mass is 390 g/mol. The van der Waals surface area contributed by atoms with Crippen molar-refractivity contribution in [3.05, 3.63) is 53.2 Å². The molecule has 0 aliphatic heterocycles. The van der Waals surface area contributed by atoms with Crippen LogP contribution in [0.5, 0.6) is 0 Å². The van der Waals surface area contributed by atoms with Crippen LogP contribution in [0.4, 0.5) is 0 Å². The van der Waals surface area contributed by atoms with Crippen molar-refractivity contribution >= 4 is 27.4 Å². The molecule has 1 aromatic carbocycles. The summed E-state index contributed by atoms with van der Waals surface area (Å²) in [7, 11) is 0. The molecule has 0 saturated heterocycles. The molecular formula is C23H22N2O2S. The van der Waals surface area contributed by atoms with E-state index in [2.05, 4.69) is 17.1 Å². The smallest absolute Gasteiger partial charge is 0.303 e. The molecule has 5 heteroatoms. The zero-order chi connectivity index (χ0) is 19.5. The van der Waals surface area contributed by atoms with Crippen LogP contribution in [0.3, 0.4) is 0 Å². The Kier molecular flexibility index (Phi) is 5.40. The lowest BCUT2D eigenvalue weighted by molar-refractivity contribution is -0.137. The summed E-state index contributed by atoms with van der Waals surface area (Å²) in [5.41, 5.74) is 2.69. The molecule has 1 fully saturated rings. The second-order valence-electron chi connectivity index (χ2n) is 7.62. The zero-order valence-electron chi connectivity index (χ0n) is 15.6. The van der Waals surface area contributed by atoms with Gasteiger partial charge in [-0.25, -0.2) is 0 Å². The third kappa shape index (κ3) is 3.93. The number of hydrogen-bond acceptors (Lipinski definition) is 4. The fraction of sp³-hybridized carbons (Fsp3) is 0.348. The Hall–Kier alpha value is -2.71. The first-order valence-corrected chi connectivity index (χ1v) is 10.6. The SMILES string of the molecule is N#Cc1ccc(-c2cncc3cc([C@@H](CC(=O)O)CC4CCCC4)sc23)cc1. The summed E-state index contributed by atoms with van der Waals surface area (Å²) in [5, 5.41) is 19.5. The molecule has 0 radical (unpaired) electrons. The van der Waals surface area contributed by atoms with E-state index in [0.717, 1.165) is 32.5 Å². The van der Waals surface area contributed by atoms with E-state index in [1.54, 1.807) is 11.3 Å². The Balaban J connectivity index is 1.70. The predicted octanol–water partition coefficient (Wildman–Crippen LogP) is 5.97. The fourth-order valence-electron chi connectivity index (χ4n) is 4.27. The van der Waals surface area contributed by atoms with Crippen molar-refractivity contribution in [2.75, 3.05) is 0 Å². The van der Waals surface area contributed by atoms with Crippen LogP contribution in [-0.2, 0) is 4.79 Å². The van der Waals surface area contributed by atoms with Crippen molar-refractivity contribution in [1.29, 1.82) is 5.26 Å². The first-order valence-electron chi connectivity index (χ1n) is 9.74. The number of nitriles is 1. The van der Waals surface area contributed by atoms with Crippen LogP contribution in [0, 0.1) is 17.2 Å². The van der Waals surface area contributed by atoms with Gasteiger partial charge in [-0.2, -0.15) is 5.26 Å². The van der Waals surface area contributed by atoms with Gasteiger partial charge in [0.2, 0.25) is 0 Å². The van der Waals surface area contributed by atoms with Crippen LogP contribution < -0.4 is 0 Å². The van der Waals surface area contributed by atoms with Gasteiger partial charge in [0.05, 0.1) is 18.1 Å². The van der Waals surface area contributed by atoms with Crippen LogP contribution in [0.1, 0.15) is 54.9 Å². The van der Waals surface area contributed by atoms with E-state index in [1.165, 1.54) is 25.7 Å². The van der Waals surface area contributed by atoms with E-state index >= 15 is 0 Å². The number of carboxylic acid groups (broad SMARTS) is 1. The van der Waals surface area contributed by atoms with E-state index in [4.69, 9.17) is 5.26 Å². The highest BCUT2D eigenvalue weighted by Crippen LogP contribution is 2.42. The van der Waals surface area contributed by atoms with Gasteiger partial charge in [-0.15, -0.1) is 11.3 Å². The van der Waals surface area contributed by atoms with E-state index < -0.39 is 5.97 Å². The van der Waals surface area contributed by atoms with Gasteiger partial charge in [0.15, 0.2) is 0 Å². The molecule has 3 aromatic rings. The maximum absolute atomic E-state index is 11.5. The van der Waals surface area contributed by atoms with E-state index in [0.29, 0.717) is 11.5 Å². The number of fused-ring (bicyclic) bond motifs is 1. The number of hydrogen-bond donors (Lipinski definition) is 1. The number of benzene rings is 1. The summed E-state index contributed by atoms with van der Waals surface area (Å²) in [4.78, 5) is 17.0. The molecule has 4 nitrogen and oxygen atoms in total. The van der Waals surface area contributed by atoms with Crippen molar-refractivity contribution in [2.24, 2.45) is 5.92 Å². The standard InChI is InChI=1S/C23H22N2O2S/c24-12-16-5-7-17(8-6-16)20-14-25-13-19-10-21(28-23(19)20)18(11-22(26)27)9-15-3-1-2-4-15/h5-8,10,13-15,18H,1-4,9,11H2,(H,26,27)/t18-/m1/s1. The molecule has 2 aromatic heterocycles.